The van der Waals surface area contributed by atoms with Crippen LogP contribution in [0.1, 0.15) is 12.8 Å². The summed E-state index contributed by atoms with van der Waals surface area (Å²) in [5, 5.41) is 9.51. The highest BCUT2D eigenvalue weighted by atomic mass is 16.5. The van der Waals surface area contributed by atoms with E-state index in [1.165, 1.54) is 19.4 Å². The van der Waals surface area contributed by atoms with Gasteiger partial charge in [-0.1, -0.05) is 0 Å². The maximum absolute atomic E-state index is 9.51. The van der Waals surface area contributed by atoms with Crippen molar-refractivity contribution in [1.29, 1.82) is 0 Å². The fraction of sp³-hybridized carbons (Fsp3) is 1.00. The zero-order chi connectivity index (χ0) is 13.0. The normalized spacial score (nSPS) is 26.2. The largest absolute Gasteiger partial charge is 0.395 e. The topological polar surface area (TPSA) is 62.0 Å². The fourth-order valence-corrected chi connectivity index (χ4v) is 2.77. The van der Waals surface area contributed by atoms with Crippen molar-refractivity contribution in [1.82, 2.24) is 9.80 Å². The molecular formula is C13H27N3O2. The van der Waals surface area contributed by atoms with Crippen LogP contribution < -0.4 is 5.73 Å². The monoisotopic (exact) mass is 257 g/mol. The van der Waals surface area contributed by atoms with Gasteiger partial charge in [0.25, 0.3) is 0 Å². The van der Waals surface area contributed by atoms with E-state index in [1.54, 1.807) is 7.11 Å². The average molecular weight is 257 g/mol. The molecule has 1 saturated carbocycles. The molecule has 3 N–H and O–H groups in total. The highest BCUT2D eigenvalue weighted by molar-refractivity contribution is 4.86. The van der Waals surface area contributed by atoms with E-state index >= 15 is 0 Å². The third-order valence-electron chi connectivity index (χ3n) is 4.13. The number of hydrogen-bond acceptors (Lipinski definition) is 5. The maximum atomic E-state index is 9.51. The summed E-state index contributed by atoms with van der Waals surface area (Å²) in [5.41, 5.74) is 6.05. The molecule has 1 aliphatic carbocycles. The predicted octanol–water partition coefficient (Wildman–Crippen LogP) is -0.651. The van der Waals surface area contributed by atoms with E-state index in [4.69, 9.17) is 10.5 Å². The van der Waals surface area contributed by atoms with Crippen molar-refractivity contribution in [2.24, 2.45) is 11.7 Å². The first-order valence-electron chi connectivity index (χ1n) is 7.06. The molecule has 2 aliphatic rings. The van der Waals surface area contributed by atoms with E-state index in [2.05, 4.69) is 9.80 Å². The van der Waals surface area contributed by atoms with Crippen molar-refractivity contribution >= 4 is 0 Å². The molecule has 0 radical (unpaired) electrons. The van der Waals surface area contributed by atoms with Gasteiger partial charge in [0.1, 0.15) is 0 Å². The van der Waals surface area contributed by atoms with Gasteiger partial charge < -0.3 is 20.5 Å². The second kappa shape index (κ2) is 6.82. The van der Waals surface area contributed by atoms with Gasteiger partial charge in [0, 0.05) is 45.9 Å². The highest BCUT2D eigenvalue weighted by Gasteiger charge is 2.30. The van der Waals surface area contributed by atoms with E-state index in [0.717, 1.165) is 32.1 Å². The van der Waals surface area contributed by atoms with Gasteiger partial charge in [0.2, 0.25) is 0 Å². The Morgan fingerprint density at radius 1 is 1.28 bits per heavy atom. The molecule has 2 unspecified atom stereocenters. The van der Waals surface area contributed by atoms with Crippen molar-refractivity contribution < 1.29 is 9.84 Å². The minimum atomic E-state index is -0.102. The van der Waals surface area contributed by atoms with Gasteiger partial charge in [-0.15, -0.1) is 0 Å². The van der Waals surface area contributed by atoms with Crippen molar-refractivity contribution in [3.05, 3.63) is 0 Å². The van der Waals surface area contributed by atoms with E-state index in [0.29, 0.717) is 6.61 Å². The Bertz CT molecular complexity index is 240. The van der Waals surface area contributed by atoms with Crippen LogP contribution in [-0.2, 0) is 4.74 Å². The molecule has 5 heteroatoms. The molecule has 0 aromatic carbocycles. The molecule has 2 fully saturated rings. The SMILES string of the molecule is COCC(N)C(CO)N1CCN(CC2CC2)CC1. The second-order valence-electron chi connectivity index (χ2n) is 5.65. The number of piperazine rings is 1. The van der Waals surface area contributed by atoms with Crippen molar-refractivity contribution in [2.75, 3.05) is 53.0 Å². The second-order valence-corrected chi connectivity index (χ2v) is 5.65. The number of aliphatic hydroxyl groups excluding tert-OH is 1. The standard InChI is InChI=1S/C13H27N3O2/c1-18-10-12(14)13(9-17)16-6-4-15(5-7-16)8-11-2-3-11/h11-13,17H,2-10,14H2,1H3. The van der Waals surface area contributed by atoms with Crippen LogP contribution in [0.2, 0.25) is 0 Å². The molecule has 1 heterocycles. The molecule has 18 heavy (non-hydrogen) atoms. The summed E-state index contributed by atoms with van der Waals surface area (Å²) in [6, 6.07) is -0.0667. The van der Waals surface area contributed by atoms with E-state index in [-0.39, 0.29) is 18.7 Å². The molecule has 1 aliphatic heterocycles. The zero-order valence-corrected chi connectivity index (χ0v) is 11.4. The van der Waals surface area contributed by atoms with Gasteiger partial charge in [-0.25, -0.2) is 0 Å². The molecule has 106 valence electrons. The Hall–Kier alpha value is -0.200. The van der Waals surface area contributed by atoms with Crippen LogP contribution in [0.3, 0.4) is 0 Å². The van der Waals surface area contributed by atoms with Gasteiger partial charge in [-0.3, -0.25) is 4.90 Å². The third kappa shape index (κ3) is 3.90. The number of ether oxygens (including phenoxy) is 1. The number of hydrogen-bond donors (Lipinski definition) is 2. The third-order valence-corrected chi connectivity index (χ3v) is 4.13. The zero-order valence-electron chi connectivity index (χ0n) is 11.4. The summed E-state index contributed by atoms with van der Waals surface area (Å²) in [6.45, 7) is 6.12. The summed E-state index contributed by atoms with van der Waals surface area (Å²) < 4.78 is 5.09. The van der Waals surface area contributed by atoms with Gasteiger partial charge >= 0.3 is 0 Å². The van der Waals surface area contributed by atoms with E-state index in [1.807, 2.05) is 0 Å². The lowest BCUT2D eigenvalue weighted by Crippen LogP contribution is -2.58. The molecule has 0 aromatic rings. The van der Waals surface area contributed by atoms with Gasteiger partial charge in [-0.05, 0) is 18.8 Å². The molecule has 2 atom stereocenters. The Labute approximate surface area is 110 Å². The van der Waals surface area contributed by atoms with Gasteiger partial charge in [0.15, 0.2) is 0 Å². The van der Waals surface area contributed by atoms with Crippen molar-refractivity contribution in [2.45, 2.75) is 24.9 Å². The van der Waals surface area contributed by atoms with Crippen LogP contribution >= 0.6 is 0 Å². The van der Waals surface area contributed by atoms with Gasteiger partial charge in [-0.2, -0.15) is 0 Å². The molecule has 0 aromatic heterocycles. The van der Waals surface area contributed by atoms with Crippen LogP contribution in [0, 0.1) is 5.92 Å². The summed E-state index contributed by atoms with van der Waals surface area (Å²) in [6.07, 6.45) is 2.83. The summed E-state index contributed by atoms with van der Waals surface area (Å²) >= 11 is 0. The first kappa shape index (κ1) is 14.2. The highest BCUT2D eigenvalue weighted by Crippen LogP contribution is 2.30. The Balaban J connectivity index is 1.75. The first-order valence-corrected chi connectivity index (χ1v) is 7.06. The van der Waals surface area contributed by atoms with Crippen LogP contribution in [0.5, 0.6) is 0 Å². The number of methoxy groups -OCH3 is 1. The minimum absolute atomic E-state index is 0.0352. The summed E-state index contributed by atoms with van der Waals surface area (Å²) in [7, 11) is 1.65. The van der Waals surface area contributed by atoms with E-state index < -0.39 is 0 Å². The molecule has 0 spiro atoms. The van der Waals surface area contributed by atoms with Crippen molar-refractivity contribution in [3.63, 3.8) is 0 Å². The number of rotatable bonds is 7. The lowest BCUT2D eigenvalue weighted by Gasteiger charge is -2.40. The minimum Gasteiger partial charge on any atom is -0.395 e. The number of nitrogens with two attached hydrogens (primary N) is 1. The average Bonchev–Trinajstić information content (AvgIpc) is 3.16. The molecule has 1 saturated heterocycles. The fourth-order valence-electron chi connectivity index (χ4n) is 2.77. The molecule has 2 rings (SSSR count). The first-order chi connectivity index (χ1) is 8.74. The quantitative estimate of drug-likeness (QED) is 0.634. The van der Waals surface area contributed by atoms with Gasteiger partial charge in [0.05, 0.1) is 19.3 Å². The number of aliphatic hydroxyl groups is 1. The predicted molar refractivity (Wildman–Crippen MR) is 71.5 cm³/mol. The number of nitrogens with zero attached hydrogens (tertiary/aromatic N) is 2. The maximum Gasteiger partial charge on any atom is 0.0629 e. The summed E-state index contributed by atoms with van der Waals surface area (Å²) in [5.74, 6) is 0.959. The smallest absolute Gasteiger partial charge is 0.0629 e. The Morgan fingerprint density at radius 3 is 2.44 bits per heavy atom. The lowest BCUT2D eigenvalue weighted by atomic mass is 10.1. The molecule has 0 amide bonds. The van der Waals surface area contributed by atoms with Crippen molar-refractivity contribution in [3.8, 4) is 0 Å². The molecule has 5 nitrogen and oxygen atoms in total. The van der Waals surface area contributed by atoms with Crippen LogP contribution in [0.25, 0.3) is 0 Å². The lowest BCUT2D eigenvalue weighted by molar-refractivity contribution is 0.0348. The summed E-state index contributed by atoms with van der Waals surface area (Å²) in [4.78, 5) is 4.86. The molecule has 0 bridgehead atoms. The van der Waals surface area contributed by atoms with E-state index in [9.17, 15) is 5.11 Å². The van der Waals surface area contributed by atoms with Crippen LogP contribution in [-0.4, -0.2) is 80.0 Å². The molecular weight excluding hydrogens is 230 g/mol. The Kier molecular flexibility index (Phi) is 5.38. The Morgan fingerprint density at radius 2 is 1.94 bits per heavy atom. The van der Waals surface area contributed by atoms with Crippen LogP contribution in [0.15, 0.2) is 0 Å². The van der Waals surface area contributed by atoms with Crippen LogP contribution in [0.4, 0.5) is 0 Å².